The third kappa shape index (κ3) is 5.03. The van der Waals surface area contributed by atoms with Crippen LogP contribution in [0.3, 0.4) is 0 Å². The molecule has 30 heavy (non-hydrogen) atoms. The highest BCUT2D eigenvalue weighted by atomic mass is 35.5. The minimum absolute atomic E-state index is 0.0385. The van der Waals surface area contributed by atoms with Gasteiger partial charge in [-0.25, -0.2) is 9.59 Å². The zero-order chi connectivity index (χ0) is 21.7. The van der Waals surface area contributed by atoms with Gasteiger partial charge in [0.2, 0.25) is 0 Å². The maximum absolute atomic E-state index is 12.4. The van der Waals surface area contributed by atoms with Gasteiger partial charge in [0.15, 0.2) is 0 Å². The molecule has 2 aromatic carbocycles. The summed E-state index contributed by atoms with van der Waals surface area (Å²) in [5.74, 6) is -2.09. The lowest BCUT2D eigenvalue weighted by Crippen LogP contribution is -2.50. The highest BCUT2D eigenvalue weighted by Gasteiger charge is 2.24. The van der Waals surface area contributed by atoms with Gasteiger partial charge in [0, 0.05) is 17.5 Å². The van der Waals surface area contributed by atoms with E-state index in [1.807, 2.05) is 24.3 Å². The fraction of sp³-hybridized carbons (Fsp3) is 0.150. The summed E-state index contributed by atoms with van der Waals surface area (Å²) < 4.78 is 5.40. The monoisotopic (exact) mass is 449 g/mol. The molecule has 1 atom stereocenters. The lowest BCUT2D eigenvalue weighted by atomic mass is 10.2. The molecule has 1 aromatic heterocycles. The smallest absolute Gasteiger partial charge is 0.328 e. The molecule has 0 aliphatic carbocycles. The van der Waals surface area contributed by atoms with E-state index in [0.717, 1.165) is 10.9 Å². The number of nitrogens with one attached hydrogen (secondary N) is 3. The van der Waals surface area contributed by atoms with Crippen molar-refractivity contribution in [3.63, 3.8) is 0 Å². The van der Waals surface area contributed by atoms with Crippen LogP contribution in [0.1, 0.15) is 15.9 Å². The summed E-state index contributed by atoms with van der Waals surface area (Å²) in [6, 6.07) is 9.87. The standard InChI is InChI=1S/C20H17Cl2N3O5/c21-13-5-3-6-14(22)17(13)18(26)25-15(19(27)28)9-24-20(29)23-8-11-10-30-16-7-2-1-4-12(11)16/h1-7,10,15H,8-9H2,(H,25,26)(H,27,28)(H2,23,24,29)/t15-/m0/s1. The Morgan fingerprint density at radius 3 is 2.40 bits per heavy atom. The maximum Gasteiger partial charge on any atom is 0.328 e. The van der Waals surface area contributed by atoms with Crippen molar-refractivity contribution in [2.24, 2.45) is 0 Å². The number of carbonyl (C=O) groups excluding carboxylic acids is 2. The number of fused-ring (bicyclic) bond motifs is 1. The minimum atomic E-state index is -1.38. The van der Waals surface area contributed by atoms with Gasteiger partial charge in [0.25, 0.3) is 5.91 Å². The summed E-state index contributed by atoms with van der Waals surface area (Å²) in [4.78, 5) is 35.9. The number of carboxylic acid groups (broad SMARTS) is 1. The Kier molecular flexibility index (Phi) is 6.81. The Labute approximate surface area is 181 Å². The van der Waals surface area contributed by atoms with Gasteiger partial charge in [-0.1, -0.05) is 47.5 Å². The zero-order valence-electron chi connectivity index (χ0n) is 15.4. The summed E-state index contributed by atoms with van der Waals surface area (Å²) in [6.07, 6.45) is 1.54. The molecule has 0 saturated carbocycles. The summed E-state index contributed by atoms with van der Waals surface area (Å²) in [5, 5.41) is 17.7. The number of hydrogen-bond acceptors (Lipinski definition) is 4. The summed E-state index contributed by atoms with van der Waals surface area (Å²) in [5.41, 5.74) is 1.43. The zero-order valence-corrected chi connectivity index (χ0v) is 17.0. The van der Waals surface area contributed by atoms with Crippen molar-refractivity contribution in [3.8, 4) is 0 Å². The lowest BCUT2D eigenvalue weighted by Gasteiger charge is -2.16. The first-order valence-corrected chi connectivity index (χ1v) is 9.57. The van der Waals surface area contributed by atoms with Crippen molar-refractivity contribution in [1.29, 1.82) is 0 Å². The molecular formula is C20H17Cl2N3O5. The number of rotatable bonds is 7. The molecule has 0 bridgehead atoms. The van der Waals surface area contributed by atoms with Crippen molar-refractivity contribution in [2.75, 3.05) is 6.54 Å². The summed E-state index contributed by atoms with van der Waals surface area (Å²) >= 11 is 11.9. The highest BCUT2D eigenvalue weighted by molar-refractivity contribution is 6.39. The second-order valence-electron chi connectivity index (χ2n) is 6.28. The third-order valence-electron chi connectivity index (χ3n) is 4.26. The Morgan fingerprint density at radius 2 is 1.70 bits per heavy atom. The van der Waals surface area contributed by atoms with Gasteiger partial charge < -0.3 is 25.5 Å². The van der Waals surface area contributed by atoms with Crippen LogP contribution in [0.15, 0.2) is 53.1 Å². The molecule has 0 saturated heterocycles. The van der Waals surface area contributed by atoms with Gasteiger partial charge in [-0.15, -0.1) is 0 Å². The van der Waals surface area contributed by atoms with Gasteiger partial charge >= 0.3 is 12.0 Å². The molecule has 0 aliphatic rings. The van der Waals surface area contributed by atoms with Crippen molar-refractivity contribution < 1.29 is 23.9 Å². The van der Waals surface area contributed by atoms with E-state index in [1.54, 1.807) is 12.3 Å². The Hall–Kier alpha value is -3.23. The van der Waals surface area contributed by atoms with Gasteiger partial charge in [-0.3, -0.25) is 4.79 Å². The van der Waals surface area contributed by atoms with Crippen molar-refractivity contribution in [2.45, 2.75) is 12.6 Å². The average Bonchev–Trinajstić information content (AvgIpc) is 3.12. The normalized spacial score (nSPS) is 11.7. The third-order valence-corrected chi connectivity index (χ3v) is 4.89. The van der Waals surface area contributed by atoms with E-state index in [-0.39, 0.29) is 28.7 Å². The quantitative estimate of drug-likeness (QED) is 0.440. The Balaban J connectivity index is 1.56. The second kappa shape index (κ2) is 9.51. The molecule has 0 spiro atoms. The number of furan rings is 1. The molecule has 3 aromatic rings. The molecule has 3 rings (SSSR count). The van der Waals surface area contributed by atoms with Crippen LogP contribution in [0.25, 0.3) is 11.0 Å². The highest BCUT2D eigenvalue weighted by Crippen LogP contribution is 2.24. The Bertz CT molecular complexity index is 1080. The molecule has 8 nitrogen and oxygen atoms in total. The topological polar surface area (TPSA) is 121 Å². The summed E-state index contributed by atoms with van der Waals surface area (Å²) in [6.45, 7) is -0.163. The molecule has 4 N–H and O–H groups in total. The number of amides is 3. The van der Waals surface area contributed by atoms with Crippen LogP contribution in [0.2, 0.25) is 10.0 Å². The number of aliphatic carboxylic acids is 1. The maximum atomic E-state index is 12.4. The van der Waals surface area contributed by atoms with Gasteiger partial charge in [-0.05, 0) is 18.2 Å². The SMILES string of the molecule is O=C(NCc1coc2ccccc12)NC[C@H](NC(=O)c1c(Cl)cccc1Cl)C(=O)O. The molecule has 0 fully saturated rings. The first kappa shape index (κ1) is 21.5. The van der Waals surface area contributed by atoms with Crippen LogP contribution >= 0.6 is 23.2 Å². The number of para-hydroxylation sites is 1. The van der Waals surface area contributed by atoms with E-state index in [0.29, 0.717) is 5.58 Å². The van der Waals surface area contributed by atoms with E-state index < -0.39 is 23.9 Å². The fourth-order valence-corrected chi connectivity index (χ4v) is 3.32. The van der Waals surface area contributed by atoms with E-state index in [1.165, 1.54) is 12.1 Å². The minimum Gasteiger partial charge on any atom is -0.480 e. The van der Waals surface area contributed by atoms with Crippen LogP contribution in [0.4, 0.5) is 4.79 Å². The van der Waals surface area contributed by atoms with Crippen LogP contribution < -0.4 is 16.0 Å². The van der Waals surface area contributed by atoms with Crippen LogP contribution in [0, 0.1) is 0 Å². The lowest BCUT2D eigenvalue weighted by molar-refractivity contribution is -0.139. The van der Waals surface area contributed by atoms with E-state index in [4.69, 9.17) is 27.6 Å². The first-order chi connectivity index (χ1) is 14.4. The molecule has 0 radical (unpaired) electrons. The van der Waals surface area contributed by atoms with E-state index in [9.17, 15) is 19.5 Å². The van der Waals surface area contributed by atoms with Crippen LogP contribution in [-0.2, 0) is 11.3 Å². The first-order valence-electron chi connectivity index (χ1n) is 8.81. The predicted octanol–water partition coefficient (Wildman–Crippen LogP) is 3.42. The van der Waals surface area contributed by atoms with Crippen molar-refractivity contribution in [3.05, 3.63) is 69.9 Å². The number of urea groups is 1. The average molecular weight is 450 g/mol. The van der Waals surface area contributed by atoms with Crippen molar-refractivity contribution >= 4 is 52.1 Å². The number of carbonyl (C=O) groups is 3. The predicted molar refractivity (Wildman–Crippen MR) is 112 cm³/mol. The molecule has 0 unspecified atom stereocenters. The number of carboxylic acids is 1. The second-order valence-corrected chi connectivity index (χ2v) is 7.10. The molecule has 156 valence electrons. The van der Waals surface area contributed by atoms with Crippen LogP contribution in [-0.4, -0.2) is 35.6 Å². The van der Waals surface area contributed by atoms with Crippen LogP contribution in [0.5, 0.6) is 0 Å². The molecule has 3 amide bonds. The van der Waals surface area contributed by atoms with E-state index in [2.05, 4.69) is 16.0 Å². The Morgan fingerprint density at radius 1 is 1.00 bits per heavy atom. The van der Waals surface area contributed by atoms with Gasteiger partial charge in [-0.2, -0.15) is 0 Å². The number of hydrogen-bond donors (Lipinski definition) is 4. The van der Waals surface area contributed by atoms with Crippen molar-refractivity contribution in [1.82, 2.24) is 16.0 Å². The van der Waals surface area contributed by atoms with Gasteiger partial charge in [0.05, 0.1) is 28.4 Å². The molecular weight excluding hydrogens is 433 g/mol. The molecule has 1 heterocycles. The number of benzene rings is 2. The molecule has 0 aliphatic heterocycles. The molecule has 10 heteroatoms. The van der Waals surface area contributed by atoms with Gasteiger partial charge in [0.1, 0.15) is 11.6 Å². The fourth-order valence-electron chi connectivity index (χ4n) is 2.75. The largest absolute Gasteiger partial charge is 0.480 e. The number of halogens is 2. The van der Waals surface area contributed by atoms with E-state index >= 15 is 0 Å². The summed E-state index contributed by atoms with van der Waals surface area (Å²) in [7, 11) is 0.